The Labute approximate surface area is 195 Å². The Balaban J connectivity index is 0.000000414. The van der Waals surface area contributed by atoms with Crippen molar-refractivity contribution in [2.45, 2.75) is 51.5 Å². The topological polar surface area (TPSA) is 98.2 Å². The number of aliphatic carboxylic acids is 2. The van der Waals surface area contributed by atoms with Gasteiger partial charge >= 0.3 is 11.9 Å². The van der Waals surface area contributed by atoms with E-state index in [1.54, 1.807) is 0 Å². The number of carbonyl (C=O) groups excluding carboxylic acids is 1. The van der Waals surface area contributed by atoms with Crippen LogP contribution in [0, 0.1) is 0 Å². The van der Waals surface area contributed by atoms with Crippen LogP contribution in [-0.2, 0) is 20.8 Å². The first-order valence-corrected chi connectivity index (χ1v) is 11.5. The number of piperidine rings is 1. The molecule has 1 fully saturated rings. The SMILES string of the molecule is CCC(=O)N(c1ccccc1)C1CCN(CCc2ccccc2)CC1.O=C(O)CCC(=O)O. The Morgan fingerprint density at radius 2 is 1.39 bits per heavy atom. The first-order chi connectivity index (χ1) is 15.9. The number of benzene rings is 2. The Morgan fingerprint density at radius 3 is 1.88 bits per heavy atom. The largest absolute Gasteiger partial charge is 0.481 e. The lowest BCUT2D eigenvalue weighted by Crippen LogP contribution is -2.47. The molecule has 2 aromatic rings. The van der Waals surface area contributed by atoms with E-state index in [-0.39, 0.29) is 18.7 Å². The first kappa shape index (κ1) is 26.1. The highest BCUT2D eigenvalue weighted by atomic mass is 16.4. The average Bonchev–Trinajstić information content (AvgIpc) is 2.84. The molecule has 0 unspecified atom stereocenters. The van der Waals surface area contributed by atoms with E-state index in [1.165, 1.54) is 5.56 Å². The number of likely N-dealkylation sites (tertiary alicyclic amines) is 1. The van der Waals surface area contributed by atoms with E-state index in [9.17, 15) is 14.4 Å². The van der Waals surface area contributed by atoms with E-state index in [4.69, 9.17) is 10.2 Å². The number of nitrogens with zero attached hydrogens (tertiary/aromatic N) is 2. The normalized spacial score (nSPS) is 14.1. The third kappa shape index (κ3) is 9.45. The maximum atomic E-state index is 12.5. The number of amides is 1. The Bertz CT molecular complexity index is 851. The summed E-state index contributed by atoms with van der Waals surface area (Å²) in [6.45, 7) is 5.19. The molecule has 2 aromatic carbocycles. The minimum Gasteiger partial charge on any atom is -0.481 e. The highest BCUT2D eigenvalue weighted by molar-refractivity contribution is 5.93. The smallest absolute Gasteiger partial charge is 0.303 e. The number of carbonyl (C=O) groups is 3. The van der Waals surface area contributed by atoms with Crippen molar-refractivity contribution in [2.75, 3.05) is 24.5 Å². The molecule has 2 N–H and O–H groups in total. The predicted molar refractivity (Wildman–Crippen MR) is 128 cm³/mol. The molecule has 1 aliphatic rings. The Kier molecular flexibility index (Phi) is 11.1. The molecule has 1 aliphatic heterocycles. The van der Waals surface area contributed by atoms with Crippen molar-refractivity contribution in [1.29, 1.82) is 0 Å². The van der Waals surface area contributed by atoms with Gasteiger partial charge in [0, 0.05) is 37.8 Å². The lowest BCUT2D eigenvalue weighted by atomic mass is 10.0. The third-order valence-electron chi connectivity index (χ3n) is 5.64. The lowest BCUT2D eigenvalue weighted by molar-refractivity contribution is -0.143. The standard InChI is InChI=1S/C22H28N2O.C4H6O4/c1-2-22(25)24(20-11-7-4-8-12-20)21-14-17-23(18-15-21)16-13-19-9-5-3-6-10-19;5-3(6)1-2-4(7)8/h3-12,21H,2,13-18H2,1H3;1-2H2,(H,5,6)(H,7,8). The van der Waals surface area contributed by atoms with Gasteiger partial charge in [-0.25, -0.2) is 0 Å². The molecular weight excluding hydrogens is 420 g/mol. The summed E-state index contributed by atoms with van der Waals surface area (Å²) < 4.78 is 0. The van der Waals surface area contributed by atoms with Crippen molar-refractivity contribution in [3.8, 4) is 0 Å². The van der Waals surface area contributed by atoms with Gasteiger partial charge in [0.2, 0.25) is 5.91 Å². The van der Waals surface area contributed by atoms with Gasteiger partial charge in [-0.2, -0.15) is 0 Å². The number of carboxylic acids is 2. The molecule has 33 heavy (non-hydrogen) atoms. The van der Waals surface area contributed by atoms with Crippen LogP contribution in [0.2, 0.25) is 0 Å². The third-order valence-corrected chi connectivity index (χ3v) is 5.64. The van der Waals surface area contributed by atoms with Gasteiger partial charge in [0.05, 0.1) is 12.8 Å². The summed E-state index contributed by atoms with van der Waals surface area (Å²) in [4.78, 5) is 36.4. The molecule has 3 rings (SSSR count). The van der Waals surface area contributed by atoms with Crippen molar-refractivity contribution in [2.24, 2.45) is 0 Å². The zero-order chi connectivity index (χ0) is 24.1. The first-order valence-electron chi connectivity index (χ1n) is 11.5. The fourth-order valence-corrected chi connectivity index (χ4v) is 3.86. The number of anilines is 1. The van der Waals surface area contributed by atoms with Crippen molar-refractivity contribution in [3.63, 3.8) is 0 Å². The molecule has 178 valence electrons. The highest BCUT2D eigenvalue weighted by Crippen LogP contribution is 2.24. The highest BCUT2D eigenvalue weighted by Gasteiger charge is 2.28. The minimum atomic E-state index is -1.08. The van der Waals surface area contributed by atoms with Crippen LogP contribution >= 0.6 is 0 Å². The molecule has 0 saturated carbocycles. The number of hydrogen-bond acceptors (Lipinski definition) is 4. The van der Waals surface area contributed by atoms with E-state index >= 15 is 0 Å². The van der Waals surface area contributed by atoms with Crippen LogP contribution in [0.4, 0.5) is 5.69 Å². The van der Waals surface area contributed by atoms with E-state index < -0.39 is 11.9 Å². The fourth-order valence-electron chi connectivity index (χ4n) is 3.86. The van der Waals surface area contributed by atoms with Gasteiger partial charge < -0.3 is 20.0 Å². The van der Waals surface area contributed by atoms with Gasteiger partial charge in [0.1, 0.15) is 0 Å². The second-order valence-electron chi connectivity index (χ2n) is 8.05. The summed E-state index contributed by atoms with van der Waals surface area (Å²) in [7, 11) is 0. The average molecular weight is 455 g/mol. The monoisotopic (exact) mass is 454 g/mol. The number of carboxylic acid groups (broad SMARTS) is 2. The molecule has 0 bridgehead atoms. The minimum absolute atomic E-state index is 0.230. The molecule has 0 atom stereocenters. The quantitative estimate of drug-likeness (QED) is 0.593. The van der Waals surface area contributed by atoms with Gasteiger partial charge in [-0.1, -0.05) is 55.5 Å². The molecule has 1 heterocycles. The van der Waals surface area contributed by atoms with Crippen molar-refractivity contribution in [3.05, 3.63) is 66.2 Å². The predicted octanol–water partition coefficient (Wildman–Crippen LogP) is 4.07. The lowest BCUT2D eigenvalue weighted by Gasteiger charge is -2.38. The van der Waals surface area contributed by atoms with Crippen LogP contribution in [0.5, 0.6) is 0 Å². The van der Waals surface area contributed by atoms with Crippen LogP contribution in [0.1, 0.15) is 44.6 Å². The summed E-state index contributed by atoms with van der Waals surface area (Å²) in [5, 5.41) is 15.8. The van der Waals surface area contributed by atoms with E-state index in [1.807, 2.05) is 30.0 Å². The summed E-state index contributed by atoms with van der Waals surface area (Å²) in [6.07, 6.45) is 3.17. The second-order valence-corrected chi connectivity index (χ2v) is 8.05. The second kappa shape index (κ2) is 14.1. The summed E-state index contributed by atoms with van der Waals surface area (Å²) in [5.74, 6) is -1.92. The van der Waals surface area contributed by atoms with Crippen molar-refractivity contribution >= 4 is 23.5 Å². The number of para-hydroxylation sites is 1. The summed E-state index contributed by atoms with van der Waals surface area (Å²) in [5.41, 5.74) is 2.44. The molecule has 1 amide bonds. The number of rotatable bonds is 9. The zero-order valence-corrected chi connectivity index (χ0v) is 19.2. The van der Waals surface area contributed by atoms with Gasteiger partial charge in [-0.15, -0.1) is 0 Å². The van der Waals surface area contributed by atoms with Crippen molar-refractivity contribution in [1.82, 2.24) is 4.90 Å². The molecule has 0 spiro atoms. The summed E-state index contributed by atoms with van der Waals surface area (Å²) in [6, 6.07) is 21.1. The van der Waals surface area contributed by atoms with Crippen LogP contribution in [-0.4, -0.2) is 58.6 Å². The van der Waals surface area contributed by atoms with Crippen LogP contribution in [0.25, 0.3) is 0 Å². The molecular formula is C26H34N2O5. The van der Waals surface area contributed by atoms with Crippen LogP contribution in [0.15, 0.2) is 60.7 Å². The van der Waals surface area contributed by atoms with Gasteiger partial charge in [0.15, 0.2) is 0 Å². The zero-order valence-electron chi connectivity index (χ0n) is 19.2. The fraction of sp³-hybridized carbons (Fsp3) is 0.423. The summed E-state index contributed by atoms with van der Waals surface area (Å²) >= 11 is 0. The molecule has 7 heteroatoms. The van der Waals surface area contributed by atoms with Gasteiger partial charge in [-0.3, -0.25) is 14.4 Å². The van der Waals surface area contributed by atoms with E-state index in [2.05, 4.69) is 47.4 Å². The number of hydrogen-bond donors (Lipinski definition) is 2. The van der Waals surface area contributed by atoms with E-state index in [0.717, 1.165) is 44.6 Å². The molecule has 0 aromatic heterocycles. The Morgan fingerprint density at radius 1 is 0.879 bits per heavy atom. The molecule has 0 radical (unpaired) electrons. The van der Waals surface area contributed by atoms with Crippen molar-refractivity contribution < 1.29 is 24.6 Å². The van der Waals surface area contributed by atoms with E-state index in [0.29, 0.717) is 12.5 Å². The van der Waals surface area contributed by atoms with Gasteiger partial charge in [0.25, 0.3) is 0 Å². The maximum absolute atomic E-state index is 12.5. The molecule has 7 nitrogen and oxygen atoms in total. The van der Waals surface area contributed by atoms with Gasteiger partial charge in [-0.05, 0) is 37.0 Å². The maximum Gasteiger partial charge on any atom is 0.303 e. The Hall–Kier alpha value is -3.19. The molecule has 1 saturated heterocycles. The van der Waals surface area contributed by atoms with Crippen LogP contribution in [0.3, 0.4) is 0 Å². The molecule has 0 aliphatic carbocycles. The van der Waals surface area contributed by atoms with Crippen LogP contribution < -0.4 is 4.90 Å².